The molecule has 1 heterocycles. The van der Waals surface area contributed by atoms with Gasteiger partial charge in [-0.15, -0.1) is 0 Å². The van der Waals surface area contributed by atoms with Crippen molar-refractivity contribution < 1.29 is 18.3 Å². The molecule has 0 bridgehead atoms. The van der Waals surface area contributed by atoms with E-state index in [0.29, 0.717) is 24.2 Å². The predicted octanol–water partition coefficient (Wildman–Crippen LogP) is 3.66. The third-order valence-electron chi connectivity index (χ3n) is 3.39. The highest BCUT2D eigenvalue weighted by molar-refractivity contribution is 7.15. The molecule has 1 fully saturated rings. The number of anilines is 1. The first-order valence-corrected chi connectivity index (χ1v) is 7.20. The number of thiazole rings is 1. The zero-order valence-corrected chi connectivity index (χ0v) is 11.3. The Morgan fingerprint density at radius 1 is 1.26 bits per heavy atom. The number of hydrogen-bond acceptors (Lipinski definition) is 4. The molecule has 0 atom stereocenters. The average molecular weight is 294 g/mol. The molecule has 1 aromatic rings. The van der Waals surface area contributed by atoms with E-state index in [1.165, 1.54) is 0 Å². The van der Waals surface area contributed by atoms with E-state index in [2.05, 4.69) is 10.3 Å². The average Bonchev–Trinajstić information content (AvgIpc) is 2.71. The standard InChI is InChI=1S/C12H17F3N2OS/c13-12(14,15)9-7-16-10(19-9)17-8-11(18)5-3-1-2-4-6-11/h7,18H,1-6,8H2,(H,16,17). The molecule has 0 spiro atoms. The molecule has 7 heteroatoms. The van der Waals surface area contributed by atoms with Crippen LogP contribution in [0.15, 0.2) is 6.20 Å². The van der Waals surface area contributed by atoms with E-state index in [-0.39, 0.29) is 11.7 Å². The van der Waals surface area contributed by atoms with Crippen molar-refractivity contribution in [2.45, 2.75) is 50.3 Å². The van der Waals surface area contributed by atoms with Gasteiger partial charge in [0.05, 0.1) is 11.8 Å². The zero-order valence-electron chi connectivity index (χ0n) is 10.5. The van der Waals surface area contributed by atoms with E-state index < -0.39 is 16.7 Å². The molecule has 1 aromatic heterocycles. The van der Waals surface area contributed by atoms with E-state index in [4.69, 9.17) is 0 Å². The summed E-state index contributed by atoms with van der Waals surface area (Å²) in [6.45, 7) is 0.262. The summed E-state index contributed by atoms with van der Waals surface area (Å²) in [6, 6.07) is 0. The summed E-state index contributed by atoms with van der Waals surface area (Å²) in [5.74, 6) is 0. The minimum Gasteiger partial charge on any atom is -0.388 e. The highest BCUT2D eigenvalue weighted by Gasteiger charge is 2.34. The van der Waals surface area contributed by atoms with Crippen LogP contribution in [0.3, 0.4) is 0 Å². The van der Waals surface area contributed by atoms with Crippen molar-refractivity contribution in [1.82, 2.24) is 4.98 Å². The van der Waals surface area contributed by atoms with E-state index in [1.807, 2.05) is 0 Å². The topological polar surface area (TPSA) is 45.1 Å². The fourth-order valence-electron chi connectivity index (χ4n) is 2.29. The number of aliphatic hydroxyl groups is 1. The van der Waals surface area contributed by atoms with E-state index in [1.54, 1.807) is 0 Å². The smallest absolute Gasteiger partial charge is 0.388 e. The third-order valence-corrected chi connectivity index (χ3v) is 4.39. The van der Waals surface area contributed by atoms with Crippen molar-refractivity contribution in [1.29, 1.82) is 0 Å². The molecular formula is C12H17F3N2OS. The Morgan fingerprint density at radius 3 is 2.42 bits per heavy atom. The molecule has 108 valence electrons. The Kier molecular flexibility index (Phi) is 4.35. The SMILES string of the molecule is OC1(CNc2ncc(C(F)(F)F)s2)CCCCCC1. The van der Waals surface area contributed by atoms with Crippen molar-refractivity contribution in [2.24, 2.45) is 0 Å². The van der Waals surface area contributed by atoms with E-state index in [9.17, 15) is 18.3 Å². The minimum atomic E-state index is -4.35. The van der Waals surface area contributed by atoms with Crippen molar-refractivity contribution in [3.05, 3.63) is 11.1 Å². The van der Waals surface area contributed by atoms with Crippen molar-refractivity contribution in [3.63, 3.8) is 0 Å². The molecule has 0 aliphatic heterocycles. The fourth-order valence-corrected chi connectivity index (χ4v) is 2.97. The van der Waals surface area contributed by atoms with Gasteiger partial charge in [0.15, 0.2) is 5.13 Å². The molecule has 3 nitrogen and oxygen atoms in total. The molecule has 1 saturated carbocycles. The Hall–Kier alpha value is -0.820. The van der Waals surface area contributed by atoms with Crippen LogP contribution < -0.4 is 5.32 Å². The normalized spacial score (nSPS) is 20.0. The van der Waals surface area contributed by atoms with Gasteiger partial charge in [-0.05, 0) is 12.8 Å². The fraction of sp³-hybridized carbons (Fsp3) is 0.750. The Balaban J connectivity index is 1.92. The van der Waals surface area contributed by atoms with Gasteiger partial charge in [0, 0.05) is 6.54 Å². The van der Waals surface area contributed by atoms with Gasteiger partial charge in [0.25, 0.3) is 0 Å². The number of nitrogens with one attached hydrogen (secondary N) is 1. The second-order valence-corrected chi connectivity index (χ2v) is 6.05. The second-order valence-electron chi connectivity index (χ2n) is 5.02. The van der Waals surface area contributed by atoms with Crippen molar-refractivity contribution >= 4 is 16.5 Å². The van der Waals surface area contributed by atoms with Gasteiger partial charge < -0.3 is 10.4 Å². The summed E-state index contributed by atoms with van der Waals surface area (Å²) in [5.41, 5.74) is -0.819. The molecule has 0 radical (unpaired) electrons. The highest BCUT2D eigenvalue weighted by Crippen LogP contribution is 2.35. The lowest BCUT2D eigenvalue weighted by Crippen LogP contribution is -2.36. The summed E-state index contributed by atoms with van der Waals surface area (Å²) in [6.07, 6.45) is 2.00. The number of aromatic nitrogens is 1. The second kappa shape index (κ2) is 5.66. The third kappa shape index (κ3) is 4.07. The molecule has 19 heavy (non-hydrogen) atoms. The summed E-state index contributed by atoms with van der Waals surface area (Å²) in [7, 11) is 0. The number of hydrogen-bond donors (Lipinski definition) is 2. The van der Waals surface area contributed by atoms with Gasteiger partial charge in [0.2, 0.25) is 0 Å². The largest absolute Gasteiger partial charge is 0.427 e. The van der Waals surface area contributed by atoms with Gasteiger partial charge in [-0.3, -0.25) is 0 Å². The lowest BCUT2D eigenvalue weighted by molar-refractivity contribution is -0.134. The molecule has 0 saturated heterocycles. The van der Waals surface area contributed by atoms with Gasteiger partial charge >= 0.3 is 6.18 Å². The first-order valence-electron chi connectivity index (χ1n) is 6.38. The van der Waals surface area contributed by atoms with Crippen LogP contribution in [0.25, 0.3) is 0 Å². The number of nitrogens with zero attached hydrogens (tertiary/aromatic N) is 1. The summed E-state index contributed by atoms with van der Waals surface area (Å²) < 4.78 is 37.3. The lowest BCUT2D eigenvalue weighted by atomic mass is 9.95. The van der Waals surface area contributed by atoms with E-state index in [0.717, 1.165) is 31.9 Å². The maximum absolute atomic E-state index is 12.4. The Bertz CT molecular complexity index is 411. The first-order chi connectivity index (χ1) is 8.89. The van der Waals surface area contributed by atoms with Crippen LogP contribution in [0.5, 0.6) is 0 Å². The molecule has 2 rings (SSSR count). The van der Waals surface area contributed by atoms with Crippen LogP contribution in [0, 0.1) is 0 Å². The number of halogens is 3. The molecule has 0 aromatic carbocycles. The summed E-state index contributed by atoms with van der Waals surface area (Å²) in [4.78, 5) is 2.98. The van der Waals surface area contributed by atoms with Gasteiger partial charge in [0.1, 0.15) is 4.88 Å². The molecule has 0 unspecified atom stereocenters. The highest BCUT2D eigenvalue weighted by atomic mass is 32.1. The quantitative estimate of drug-likeness (QED) is 0.836. The first kappa shape index (κ1) is 14.6. The Morgan fingerprint density at radius 2 is 1.89 bits per heavy atom. The monoisotopic (exact) mass is 294 g/mol. The number of alkyl halides is 3. The number of rotatable bonds is 3. The maximum Gasteiger partial charge on any atom is 0.427 e. The van der Waals surface area contributed by atoms with E-state index >= 15 is 0 Å². The van der Waals surface area contributed by atoms with Gasteiger partial charge in [-0.1, -0.05) is 37.0 Å². The zero-order chi connectivity index (χ0) is 13.9. The van der Waals surface area contributed by atoms with Crippen molar-refractivity contribution in [3.8, 4) is 0 Å². The molecular weight excluding hydrogens is 277 g/mol. The van der Waals surface area contributed by atoms with Crippen LogP contribution in [-0.2, 0) is 6.18 Å². The van der Waals surface area contributed by atoms with Crippen LogP contribution in [0.1, 0.15) is 43.4 Å². The maximum atomic E-state index is 12.4. The van der Waals surface area contributed by atoms with Gasteiger partial charge in [-0.2, -0.15) is 13.2 Å². The summed E-state index contributed by atoms with van der Waals surface area (Å²) >= 11 is 0.574. The molecule has 1 aliphatic rings. The van der Waals surface area contributed by atoms with Crippen LogP contribution >= 0.6 is 11.3 Å². The molecule has 2 N–H and O–H groups in total. The summed E-state index contributed by atoms with van der Waals surface area (Å²) in [5, 5.41) is 13.4. The van der Waals surface area contributed by atoms with Gasteiger partial charge in [-0.25, -0.2) is 4.98 Å². The molecule has 0 amide bonds. The lowest BCUT2D eigenvalue weighted by Gasteiger charge is -2.26. The van der Waals surface area contributed by atoms with Crippen LogP contribution in [0.2, 0.25) is 0 Å². The van der Waals surface area contributed by atoms with Crippen LogP contribution in [0.4, 0.5) is 18.3 Å². The molecule has 1 aliphatic carbocycles. The minimum absolute atomic E-state index is 0.213. The van der Waals surface area contributed by atoms with Crippen molar-refractivity contribution in [2.75, 3.05) is 11.9 Å². The Labute approximate surface area is 113 Å². The van der Waals surface area contributed by atoms with Crippen LogP contribution in [-0.4, -0.2) is 22.2 Å². The predicted molar refractivity (Wildman–Crippen MR) is 68.3 cm³/mol.